The minimum absolute atomic E-state index is 0.289. The third-order valence-electron chi connectivity index (χ3n) is 3.73. The summed E-state index contributed by atoms with van der Waals surface area (Å²) in [5.41, 5.74) is 1.25. The highest BCUT2D eigenvalue weighted by Gasteiger charge is 2.16. The molecule has 0 aliphatic carbocycles. The van der Waals surface area contributed by atoms with Crippen molar-refractivity contribution in [1.29, 1.82) is 0 Å². The Balaban J connectivity index is 1.87. The molecule has 2 aromatic rings. The number of carbonyl (C=O) groups is 2. The van der Waals surface area contributed by atoms with Crippen LogP contribution < -0.4 is 9.47 Å². The van der Waals surface area contributed by atoms with Crippen molar-refractivity contribution in [2.45, 2.75) is 13.5 Å². The Hall–Kier alpha value is -3.02. The summed E-state index contributed by atoms with van der Waals surface area (Å²) < 4.78 is 15.6. The van der Waals surface area contributed by atoms with Crippen molar-refractivity contribution in [3.63, 3.8) is 0 Å². The maximum absolute atomic E-state index is 12.2. The number of rotatable bonds is 8. The first-order valence-electron chi connectivity index (χ1n) is 8.31. The molecule has 6 nitrogen and oxygen atoms in total. The van der Waals surface area contributed by atoms with Gasteiger partial charge in [-0.2, -0.15) is 0 Å². The predicted octanol–water partition coefficient (Wildman–Crippen LogP) is 2.91. The van der Waals surface area contributed by atoms with Gasteiger partial charge in [-0.05, 0) is 36.8 Å². The van der Waals surface area contributed by atoms with Crippen molar-refractivity contribution in [3.05, 3.63) is 59.7 Å². The first kappa shape index (κ1) is 19.3. The van der Waals surface area contributed by atoms with Gasteiger partial charge in [-0.1, -0.05) is 24.3 Å². The molecule has 0 saturated heterocycles. The number of likely N-dealkylation sites (N-methyl/N-ethyl adjacent to an activating group) is 1. The molecule has 0 saturated carbocycles. The molecule has 2 aromatic carbocycles. The number of para-hydroxylation sites is 1. The van der Waals surface area contributed by atoms with Crippen LogP contribution >= 0.6 is 0 Å². The molecule has 1 amide bonds. The molecule has 0 bridgehead atoms. The summed E-state index contributed by atoms with van der Waals surface area (Å²) >= 11 is 0. The second-order valence-corrected chi connectivity index (χ2v) is 5.60. The molecule has 0 N–H and O–H groups in total. The minimum atomic E-state index is -0.592. The van der Waals surface area contributed by atoms with Gasteiger partial charge in [0.15, 0.2) is 6.61 Å². The Morgan fingerprint density at radius 2 is 1.73 bits per heavy atom. The van der Waals surface area contributed by atoms with E-state index in [1.807, 2.05) is 31.2 Å². The normalized spacial score (nSPS) is 10.1. The molecule has 0 unspecified atom stereocenters. The van der Waals surface area contributed by atoms with Gasteiger partial charge in [0.1, 0.15) is 17.1 Å². The lowest BCUT2D eigenvalue weighted by Gasteiger charge is -2.17. The van der Waals surface area contributed by atoms with Crippen LogP contribution in [-0.4, -0.2) is 44.1 Å². The molecule has 0 spiro atoms. The number of methoxy groups -OCH3 is 1. The van der Waals surface area contributed by atoms with Crippen LogP contribution in [0.4, 0.5) is 0 Å². The zero-order valence-corrected chi connectivity index (χ0v) is 15.2. The molecule has 6 heteroatoms. The molecule has 0 aromatic heterocycles. The number of carbonyl (C=O) groups excluding carboxylic acids is 2. The summed E-state index contributed by atoms with van der Waals surface area (Å²) in [7, 11) is 3.14. The summed E-state index contributed by atoms with van der Waals surface area (Å²) in [5, 5.41) is 0. The quantitative estimate of drug-likeness (QED) is 0.680. The molecule has 0 fully saturated rings. The monoisotopic (exact) mass is 357 g/mol. The van der Waals surface area contributed by atoms with Crippen LogP contribution in [-0.2, 0) is 16.1 Å². The summed E-state index contributed by atoms with van der Waals surface area (Å²) in [6.45, 7) is 2.61. The molecule has 0 atom stereocenters. The van der Waals surface area contributed by atoms with Crippen molar-refractivity contribution in [2.75, 3.05) is 27.4 Å². The molecule has 0 aliphatic heterocycles. The van der Waals surface area contributed by atoms with Crippen LogP contribution in [0.15, 0.2) is 48.5 Å². The highest BCUT2D eigenvalue weighted by molar-refractivity contribution is 5.93. The lowest BCUT2D eigenvalue weighted by molar-refractivity contribution is -0.133. The lowest BCUT2D eigenvalue weighted by Crippen LogP contribution is -2.30. The lowest BCUT2D eigenvalue weighted by atomic mass is 10.2. The zero-order valence-electron chi connectivity index (χ0n) is 15.2. The fourth-order valence-electron chi connectivity index (χ4n) is 2.35. The maximum Gasteiger partial charge on any atom is 0.342 e. The third kappa shape index (κ3) is 5.24. The Labute approximate surface area is 153 Å². The number of nitrogens with zero attached hydrogens (tertiary/aromatic N) is 1. The van der Waals surface area contributed by atoms with Gasteiger partial charge in [0.25, 0.3) is 5.91 Å². The highest BCUT2D eigenvalue weighted by atomic mass is 16.5. The Morgan fingerprint density at radius 3 is 2.38 bits per heavy atom. The van der Waals surface area contributed by atoms with Gasteiger partial charge in [-0.25, -0.2) is 4.79 Å². The third-order valence-corrected chi connectivity index (χ3v) is 3.73. The Kier molecular flexibility index (Phi) is 7.02. The Bertz CT molecular complexity index is 742. The van der Waals surface area contributed by atoms with Gasteiger partial charge < -0.3 is 19.1 Å². The average Bonchev–Trinajstić information content (AvgIpc) is 2.67. The maximum atomic E-state index is 12.2. The number of amides is 1. The van der Waals surface area contributed by atoms with Crippen LogP contribution in [0.2, 0.25) is 0 Å². The fourth-order valence-corrected chi connectivity index (χ4v) is 2.35. The van der Waals surface area contributed by atoms with Crippen LogP contribution in [0.1, 0.15) is 22.8 Å². The van der Waals surface area contributed by atoms with Crippen molar-refractivity contribution in [3.8, 4) is 11.5 Å². The van der Waals surface area contributed by atoms with Gasteiger partial charge in [0.2, 0.25) is 0 Å². The highest BCUT2D eigenvalue weighted by Crippen LogP contribution is 2.18. The van der Waals surface area contributed by atoms with Crippen molar-refractivity contribution in [1.82, 2.24) is 4.90 Å². The molecule has 0 aliphatic rings. The molecule has 26 heavy (non-hydrogen) atoms. The van der Waals surface area contributed by atoms with E-state index in [4.69, 9.17) is 14.2 Å². The fraction of sp³-hybridized carbons (Fsp3) is 0.300. The van der Waals surface area contributed by atoms with Crippen LogP contribution in [0.5, 0.6) is 11.5 Å². The largest absolute Gasteiger partial charge is 0.496 e. The van der Waals surface area contributed by atoms with Crippen LogP contribution in [0.25, 0.3) is 0 Å². The van der Waals surface area contributed by atoms with Gasteiger partial charge in [0, 0.05) is 13.6 Å². The second-order valence-electron chi connectivity index (χ2n) is 5.60. The molecule has 138 valence electrons. The summed E-state index contributed by atoms with van der Waals surface area (Å²) in [5.74, 6) is 0.316. The van der Waals surface area contributed by atoms with Crippen LogP contribution in [0.3, 0.4) is 0 Å². The number of hydrogen-bond acceptors (Lipinski definition) is 5. The number of ether oxygens (including phenoxy) is 3. The van der Waals surface area contributed by atoms with E-state index < -0.39 is 5.97 Å². The predicted molar refractivity (Wildman–Crippen MR) is 97.4 cm³/mol. The summed E-state index contributed by atoms with van der Waals surface area (Å²) in [4.78, 5) is 25.8. The molecule has 0 radical (unpaired) electrons. The van der Waals surface area contributed by atoms with E-state index in [1.165, 1.54) is 12.0 Å². The van der Waals surface area contributed by atoms with E-state index in [1.54, 1.807) is 31.3 Å². The Morgan fingerprint density at radius 1 is 1.04 bits per heavy atom. The van der Waals surface area contributed by atoms with E-state index in [0.717, 1.165) is 11.3 Å². The number of hydrogen-bond donors (Lipinski definition) is 0. The SMILES string of the molecule is CCOc1ccc(CN(C)C(=O)COC(=O)c2ccccc2OC)cc1. The van der Waals surface area contributed by atoms with Crippen LogP contribution in [0, 0.1) is 0 Å². The minimum Gasteiger partial charge on any atom is -0.496 e. The topological polar surface area (TPSA) is 65.1 Å². The van der Waals surface area contributed by atoms with Gasteiger partial charge >= 0.3 is 5.97 Å². The van der Waals surface area contributed by atoms with Crippen molar-refractivity contribution >= 4 is 11.9 Å². The smallest absolute Gasteiger partial charge is 0.342 e. The summed E-state index contributed by atoms with van der Waals surface area (Å²) in [6.07, 6.45) is 0. The van der Waals surface area contributed by atoms with E-state index in [-0.39, 0.29) is 18.1 Å². The molecular weight excluding hydrogens is 334 g/mol. The first-order chi connectivity index (χ1) is 12.5. The summed E-state index contributed by atoms with van der Waals surface area (Å²) in [6, 6.07) is 14.2. The standard InChI is InChI=1S/C20H23NO5/c1-4-25-16-11-9-15(10-12-16)13-21(2)19(22)14-26-20(23)17-7-5-6-8-18(17)24-3/h5-12H,4,13-14H2,1-3H3. The molecule has 2 rings (SSSR count). The number of esters is 1. The molecule has 0 heterocycles. The average molecular weight is 357 g/mol. The second kappa shape index (κ2) is 9.46. The van der Waals surface area contributed by atoms with Gasteiger partial charge in [-0.15, -0.1) is 0 Å². The van der Waals surface area contributed by atoms with E-state index in [2.05, 4.69) is 0 Å². The van der Waals surface area contributed by atoms with Gasteiger partial charge in [-0.3, -0.25) is 4.79 Å². The number of benzene rings is 2. The van der Waals surface area contributed by atoms with Gasteiger partial charge in [0.05, 0.1) is 13.7 Å². The van der Waals surface area contributed by atoms with E-state index >= 15 is 0 Å². The van der Waals surface area contributed by atoms with E-state index in [0.29, 0.717) is 18.9 Å². The molecular formula is C20H23NO5. The van der Waals surface area contributed by atoms with Crippen molar-refractivity contribution < 1.29 is 23.8 Å². The first-order valence-corrected chi connectivity index (χ1v) is 8.31. The van der Waals surface area contributed by atoms with Crippen molar-refractivity contribution in [2.24, 2.45) is 0 Å². The zero-order chi connectivity index (χ0) is 18.9. The van der Waals surface area contributed by atoms with E-state index in [9.17, 15) is 9.59 Å².